The van der Waals surface area contributed by atoms with Gasteiger partial charge in [-0.25, -0.2) is 4.39 Å². The van der Waals surface area contributed by atoms with Crippen molar-refractivity contribution in [3.05, 3.63) is 29.2 Å². The van der Waals surface area contributed by atoms with Crippen molar-refractivity contribution in [2.24, 2.45) is 5.84 Å². The van der Waals surface area contributed by atoms with E-state index in [2.05, 4.69) is 10.4 Å². The van der Waals surface area contributed by atoms with Crippen LogP contribution < -0.4 is 16.0 Å². The Kier molecular flexibility index (Phi) is 2.96. The molecule has 0 bridgehead atoms. The van der Waals surface area contributed by atoms with E-state index in [1.807, 2.05) is 0 Å². The van der Waals surface area contributed by atoms with Crippen molar-refractivity contribution in [3.8, 4) is 5.75 Å². The summed E-state index contributed by atoms with van der Waals surface area (Å²) in [7, 11) is 1.43. The largest absolute Gasteiger partial charge is 0.494 e. The van der Waals surface area contributed by atoms with Crippen LogP contribution in [-0.4, -0.2) is 18.7 Å². The van der Waals surface area contributed by atoms with Crippen molar-refractivity contribution >= 4 is 16.6 Å². The number of nitrogens with zero attached hydrogens (tertiary/aromatic N) is 1. The van der Waals surface area contributed by atoms with Crippen LogP contribution in [-0.2, 0) is 17.8 Å². The Labute approximate surface area is 109 Å². The first-order valence-corrected chi connectivity index (χ1v) is 5.98. The molecule has 100 valence electrons. The van der Waals surface area contributed by atoms with E-state index in [0.29, 0.717) is 25.2 Å². The molecular weight excluding hydrogens is 249 g/mol. The number of hydrazine groups is 1. The van der Waals surface area contributed by atoms with Crippen LogP contribution in [0.2, 0.25) is 0 Å². The quantitative estimate of drug-likeness (QED) is 0.638. The van der Waals surface area contributed by atoms with E-state index in [4.69, 9.17) is 15.3 Å². The summed E-state index contributed by atoms with van der Waals surface area (Å²) >= 11 is 0. The normalized spacial score (nSPS) is 14.3. The Morgan fingerprint density at radius 2 is 2.32 bits per heavy atom. The van der Waals surface area contributed by atoms with Crippen molar-refractivity contribution in [1.29, 1.82) is 0 Å². The van der Waals surface area contributed by atoms with Gasteiger partial charge in [-0.3, -0.25) is 10.8 Å². The van der Waals surface area contributed by atoms with E-state index >= 15 is 0 Å². The van der Waals surface area contributed by atoms with Crippen LogP contribution in [0.5, 0.6) is 5.75 Å². The van der Waals surface area contributed by atoms with E-state index in [1.165, 1.54) is 13.2 Å². The monoisotopic (exact) mass is 263 g/mol. The molecule has 0 atom stereocenters. The van der Waals surface area contributed by atoms with Gasteiger partial charge in [-0.1, -0.05) is 0 Å². The summed E-state index contributed by atoms with van der Waals surface area (Å²) in [5, 5.41) is 0.727. The number of hydrogen-bond donors (Lipinski definition) is 2. The Morgan fingerprint density at radius 3 is 3.05 bits per heavy atom. The molecule has 0 aliphatic carbocycles. The van der Waals surface area contributed by atoms with Gasteiger partial charge in [0.1, 0.15) is 0 Å². The first-order chi connectivity index (χ1) is 9.24. The summed E-state index contributed by atoms with van der Waals surface area (Å²) < 4.78 is 24.2. The zero-order valence-corrected chi connectivity index (χ0v) is 10.5. The average molecular weight is 263 g/mol. The Bertz CT molecular complexity index is 646. The van der Waals surface area contributed by atoms with Gasteiger partial charge < -0.3 is 14.9 Å². The van der Waals surface area contributed by atoms with E-state index in [9.17, 15) is 4.39 Å². The van der Waals surface area contributed by atoms with Gasteiger partial charge in [-0.05, 0) is 6.07 Å². The number of nitrogen functional groups attached to an aromatic ring is 1. The zero-order chi connectivity index (χ0) is 13.4. The first-order valence-electron chi connectivity index (χ1n) is 5.98. The molecule has 0 saturated carbocycles. The molecule has 3 rings (SSSR count). The molecule has 0 fully saturated rings. The minimum absolute atomic E-state index is 0.169. The van der Waals surface area contributed by atoms with Crippen molar-refractivity contribution in [2.45, 2.75) is 13.0 Å². The molecule has 0 radical (unpaired) electrons. The number of ether oxygens (including phenoxy) is 2. The lowest BCUT2D eigenvalue weighted by Crippen LogP contribution is -2.18. The second-order valence-corrected chi connectivity index (χ2v) is 4.36. The summed E-state index contributed by atoms with van der Waals surface area (Å²) in [6.07, 6.45) is 0.702. The van der Waals surface area contributed by atoms with Gasteiger partial charge in [0.25, 0.3) is 0 Å². The number of methoxy groups -OCH3 is 1. The topological polar surface area (TPSA) is 69.4 Å². The highest BCUT2D eigenvalue weighted by Crippen LogP contribution is 2.34. The number of pyridine rings is 1. The van der Waals surface area contributed by atoms with E-state index in [-0.39, 0.29) is 5.75 Å². The maximum absolute atomic E-state index is 13.7. The van der Waals surface area contributed by atoms with Gasteiger partial charge in [0.15, 0.2) is 11.6 Å². The predicted octanol–water partition coefficient (Wildman–Crippen LogP) is 1.74. The van der Waals surface area contributed by atoms with E-state index in [1.54, 1.807) is 6.07 Å². The number of benzene rings is 1. The fraction of sp³-hybridized carbons (Fsp3) is 0.308. The fourth-order valence-corrected chi connectivity index (χ4v) is 2.38. The number of rotatable bonds is 2. The molecule has 0 spiro atoms. The minimum atomic E-state index is -0.433. The first kappa shape index (κ1) is 12.1. The molecule has 1 aliphatic rings. The van der Waals surface area contributed by atoms with Gasteiger partial charge in [-0.2, -0.15) is 0 Å². The Morgan fingerprint density at radius 1 is 1.47 bits per heavy atom. The molecule has 1 aliphatic heterocycles. The lowest BCUT2D eigenvalue weighted by atomic mass is 10.0. The molecule has 5 nitrogen and oxygen atoms in total. The predicted molar refractivity (Wildman–Crippen MR) is 69.4 cm³/mol. The second kappa shape index (κ2) is 4.64. The summed E-state index contributed by atoms with van der Waals surface area (Å²) in [4.78, 5) is 4.49. The lowest BCUT2D eigenvalue weighted by Gasteiger charge is -2.21. The smallest absolute Gasteiger partial charge is 0.167 e. The third-order valence-electron chi connectivity index (χ3n) is 3.32. The number of halogens is 1. The lowest BCUT2D eigenvalue weighted by molar-refractivity contribution is 0.110. The fourth-order valence-electron chi connectivity index (χ4n) is 2.38. The van der Waals surface area contributed by atoms with Crippen LogP contribution in [0.25, 0.3) is 10.9 Å². The third kappa shape index (κ3) is 1.89. The molecule has 1 aromatic heterocycles. The van der Waals surface area contributed by atoms with Crippen molar-refractivity contribution < 1.29 is 13.9 Å². The molecule has 3 N–H and O–H groups in total. The van der Waals surface area contributed by atoms with Gasteiger partial charge in [0.2, 0.25) is 0 Å². The Hall–Kier alpha value is -1.92. The second-order valence-electron chi connectivity index (χ2n) is 4.36. The number of fused-ring (bicyclic) bond motifs is 2. The number of anilines is 1. The van der Waals surface area contributed by atoms with Gasteiger partial charge in [0.05, 0.1) is 37.2 Å². The summed E-state index contributed by atoms with van der Waals surface area (Å²) in [5.74, 6) is 5.34. The van der Waals surface area contributed by atoms with Crippen LogP contribution in [0.1, 0.15) is 11.3 Å². The third-order valence-corrected chi connectivity index (χ3v) is 3.32. The van der Waals surface area contributed by atoms with Crippen molar-refractivity contribution in [3.63, 3.8) is 0 Å². The molecule has 6 heteroatoms. The maximum atomic E-state index is 13.7. The summed E-state index contributed by atoms with van der Waals surface area (Å²) in [5.41, 5.74) is 5.78. The van der Waals surface area contributed by atoms with Gasteiger partial charge >= 0.3 is 0 Å². The number of aromatic nitrogens is 1. The summed E-state index contributed by atoms with van der Waals surface area (Å²) in [6, 6.07) is 2.96. The van der Waals surface area contributed by atoms with Crippen LogP contribution >= 0.6 is 0 Å². The number of nitrogens with one attached hydrogen (secondary N) is 1. The summed E-state index contributed by atoms with van der Waals surface area (Å²) in [6.45, 7) is 1.08. The van der Waals surface area contributed by atoms with E-state index < -0.39 is 5.82 Å². The Balaban J connectivity index is 2.33. The molecule has 0 amide bonds. The van der Waals surface area contributed by atoms with Crippen molar-refractivity contribution in [1.82, 2.24) is 4.98 Å². The zero-order valence-electron chi connectivity index (χ0n) is 10.5. The maximum Gasteiger partial charge on any atom is 0.167 e. The molecule has 19 heavy (non-hydrogen) atoms. The van der Waals surface area contributed by atoms with Crippen LogP contribution in [0.3, 0.4) is 0 Å². The van der Waals surface area contributed by atoms with Crippen LogP contribution in [0.4, 0.5) is 10.1 Å². The van der Waals surface area contributed by atoms with Crippen molar-refractivity contribution in [2.75, 3.05) is 19.1 Å². The highest BCUT2D eigenvalue weighted by Gasteiger charge is 2.19. The van der Waals surface area contributed by atoms with Crippen LogP contribution in [0.15, 0.2) is 12.1 Å². The molecule has 1 aromatic carbocycles. The van der Waals surface area contributed by atoms with E-state index in [0.717, 1.165) is 22.3 Å². The SMILES string of the molecule is COc1cc2c(NN)c3c(nc2cc1F)CCOC3. The number of hydrogen-bond acceptors (Lipinski definition) is 5. The van der Waals surface area contributed by atoms with Crippen LogP contribution in [0, 0.1) is 5.82 Å². The molecule has 2 heterocycles. The van der Waals surface area contributed by atoms with Gasteiger partial charge in [-0.15, -0.1) is 0 Å². The van der Waals surface area contributed by atoms with Gasteiger partial charge in [0, 0.05) is 23.4 Å². The molecule has 0 saturated heterocycles. The average Bonchev–Trinajstić information content (AvgIpc) is 2.44. The number of nitrogens with two attached hydrogens (primary N) is 1. The molecular formula is C13H14FN3O2. The molecule has 2 aromatic rings. The highest BCUT2D eigenvalue weighted by molar-refractivity contribution is 5.94. The standard InChI is InChI=1S/C13H14FN3O2/c1-18-12-4-7-11(5-9(12)14)16-10-2-3-19-6-8(10)13(7)17-15/h4-5H,2-3,6,15H2,1H3,(H,16,17). The molecule has 0 unspecified atom stereocenters. The highest BCUT2D eigenvalue weighted by atomic mass is 19.1. The minimum Gasteiger partial charge on any atom is -0.494 e.